The number of nitrogens with zero attached hydrogens (tertiary/aromatic N) is 7. The maximum Gasteiger partial charge on any atom is 0.237 e. The quantitative estimate of drug-likeness (QED) is 0.185. The van der Waals surface area contributed by atoms with Gasteiger partial charge in [0.05, 0.1) is 55.5 Å². The maximum atomic E-state index is 5.49. The summed E-state index contributed by atoms with van der Waals surface area (Å²) in [5.74, 6) is 2.12. The molecule has 0 saturated carbocycles. The summed E-state index contributed by atoms with van der Waals surface area (Å²) in [6, 6.07) is 61.7. The van der Waals surface area contributed by atoms with Gasteiger partial charge in [-0.1, -0.05) is 115 Å². The molecule has 0 aliphatic carbocycles. The molecule has 7 aromatic carbocycles. The largest absolute Gasteiger partial charge is 0.309 e. The van der Waals surface area contributed by atoms with Crippen molar-refractivity contribution < 1.29 is 0 Å². The minimum Gasteiger partial charge on any atom is -0.309 e. The van der Waals surface area contributed by atoms with Crippen LogP contribution in [0.25, 0.3) is 100 Å². The number of rotatable bonds is 4. The van der Waals surface area contributed by atoms with Gasteiger partial charge in [-0.25, -0.2) is 9.97 Å². The fraction of sp³-hybridized carbons (Fsp3) is 0. The van der Waals surface area contributed by atoms with E-state index in [2.05, 4.69) is 188 Å². The monoisotopic (exact) mass is 691 g/mol. The molecule has 0 bridgehead atoms. The van der Waals surface area contributed by atoms with Gasteiger partial charge in [-0.2, -0.15) is 4.98 Å². The fourth-order valence-electron chi connectivity index (χ4n) is 8.56. The lowest BCUT2D eigenvalue weighted by molar-refractivity contribution is 0.942. The summed E-state index contributed by atoms with van der Waals surface area (Å²) in [4.78, 5) is 16.2. The summed E-state index contributed by atoms with van der Waals surface area (Å²) in [7, 11) is 0. The van der Waals surface area contributed by atoms with E-state index in [1.807, 2.05) is 6.07 Å². The van der Waals surface area contributed by atoms with Crippen LogP contribution >= 0.6 is 0 Å². The average molecular weight is 692 g/mol. The summed E-state index contributed by atoms with van der Waals surface area (Å²) in [5.41, 5.74) is 11.3. The standard InChI is InChI=1S/C47H29N7/c1-7-21-37-30(15-1)31-16-2-8-22-38(31)51(37)41-25-11-5-19-34(41)36-29-45(50-46(48-36)52-39-23-9-3-17-32(39)33-18-4-10-24-40(33)52)54-44-28-14-13-27-43(44)53-42-26-12-6-20-35(42)49-47(53)54/h1-29H. The summed E-state index contributed by atoms with van der Waals surface area (Å²) in [6.45, 7) is 0. The van der Waals surface area contributed by atoms with Gasteiger partial charge >= 0.3 is 0 Å². The van der Waals surface area contributed by atoms with Gasteiger partial charge in [0.1, 0.15) is 5.82 Å². The van der Waals surface area contributed by atoms with Gasteiger partial charge in [0, 0.05) is 33.2 Å². The van der Waals surface area contributed by atoms with Crippen LogP contribution in [0.3, 0.4) is 0 Å². The van der Waals surface area contributed by atoms with E-state index in [0.29, 0.717) is 5.95 Å². The third-order valence-corrected chi connectivity index (χ3v) is 10.8. The molecule has 0 aliphatic rings. The molecule has 0 saturated heterocycles. The molecule has 0 unspecified atom stereocenters. The van der Waals surface area contributed by atoms with E-state index in [-0.39, 0.29) is 0 Å². The second kappa shape index (κ2) is 11.0. The smallest absolute Gasteiger partial charge is 0.237 e. The first-order chi connectivity index (χ1) is 26.8. The molecule has 12 aromatic rings. The van der Waals surface area contributed by atoms with Gasteiger partial charge in [0.15, 0.2) is 0 Å². The van der Waals surface area contributed by atoms with Crippen LogP contribution in [0.15, 0.2) is 176 Å². The number of benzene rings is 7. The average Bonchev–Trinajstić information content (AvgIpc) is 3.96. The molecule has 5 aromatic heterocycles. The van der Waals surface area contributed by atoms with Gasteiger partial charge in [-0.15, -0.1) is 0 Å². The van der Waals surface area contributed by atoms with Crippen molar-refractivity contribution >= 4 is 71.5 Å². The first-order valence-electron chi connectivity index (χ1n) is 18.1. The van der Waals surface area contributed by atoms with Crippen molar-refractivity contribution in [1.29, 1.82) is 0 Å². The summed E-state index contributed by atoms with van der Waals surface area (Å²) < 4.78 is 8.98. The summed E-state index contributed by atoms with van der Waals surface area (Å²) >= 11 is 0. The minimum atomic E-state index is 0.587. The molecular weight excluding hydrogens is 663 g/mol. The van der Waals surface area contributed by atoms with E-state index in [4.69, 9.17) is 15.0 Å². The zero-order valence-corrected chi connectivity index (χ0v) is 28.9. The van der Waals surface area contributed by atoms with Crippen molar-refractivity contribution in [3.05, 3.63) is 176 Å². The van der Waals surface area contributed by atoms with Gasteiger partial charge < -0.3 is 4.57 Å². The molecule has 54 heavy (non-hydrogen) atoms. The second-order valence-electron chi connectivity index (χ2n) is 13.7. The summed E-state index contributed by atoms with van der Waals surface area (Å²) in [5, 5.41) is 4.74. The SMILES string of the molecule is c1ccc(-n2c3ccccc3c3ccccc32)c(-c2cc(-n3c4ccccc4n4c5ccccc5nc34)nc(-n3c4ccccc4c4ccccc43)n2)c1. The molecule has 0 fully saturated rings. The molecular formula is C47H29N7. The maximum absolute atomic E-state index is 5.49. The molecule has 7 heteroatoms. The molecule has 0 amide bonds. The molecule has 7 nitrogen and oxygen atoms in total. The highest BCUT2D eigenvalue weighted by Gasteiger charge is 2.23. The van der Waals surface area contributed by atoms with Crippen molar-refractivity contribution in [2.75, 3.05) is 0 Å². The van der Waals surface area contributed by atoms with Crippen LogP contribution in [0.4, 0.5) is 0 Å². The molecule has 5 heterocycles. The Morgan fingerprint density at radius 3 is 1.46 bits per heavy atom. The number of imidazole rings is 2. The Morgan fingerprint density at radius 1 is 0.352 bits per heavy atom. The van der Waals surface area contributed by atoms with Crippen LogP contribution in [-0.4, -0.2) is 33.1 Å². The molecule has 0 spiro atoms. The normalized spacial score (nSPS) is 12.1. The van der Waals surface area contributed by atoms with Gasteiger partial charge in [0.2, 0.25) is 11.7 Å². The first kappa shape index (κ1) is 29.1. The van der Waals surface area contributed by atoms with E-state index in [0.717, 1.165) is 83.4 Å². The van der Waals surface area contributed by atoms with Gasteiger partial charge in [0.25, 0.3) is 0 Å². The molecule has 252 valence electrons. The lowest BCUT2D eigenvalue weighted by Gasteiger charge is -2.16. The zero-order valence-electron chi connectivity index (χ0n) is 28.9. The van der Waals surface area contributed by atoms with Crippen LogP contribution in [-0.2, 0) is 0 Å². The topological polar surface area (TPSA) is 57.9 Å². The van der Waals surface area contributed by atoms with Crippen LogP contribution in [0.2, 0.25) is 0 Å². The van der Waals surface area contributed by atoms with Crippen LogP contribution in [0, 0.1) is 0 Å². The Hall–Kier alpha value is -7.51. The van der Waals surface area contributed by atoms with Gasteiger partial charge in [-0.05, 0) is 54.6 Å². The minimum absolute atomic E-state index is 0.587. The lowest BCUT2D eigenvalue weighted by Crippen LogP contribution is -2.08. The van der Waals surface area contributed by atoms with Crippen molar-refractivity contribution in [3.63, 3.8) is 0 Å². The van der Waals surface area contributed by atoms with Crippen molar-refractivity contribution in [1.82, 2.24) is 33.1 Å². The molecule has 12 rings (SSSR count). The molecule has 0 atom stereocenters. The van der Waals surface area contributed by atoms with Crippen molar-refractivity contribution in [3.8, 4) is 28.7 Å². The number of fused-ring (bicyclic) bond motifs is 11. The third kappa shape index (κ3) is 3.98. The lowest BCUT2D eigenvalue weighted by atomic mass is 10.1. The first-order valence-corrected chi connectivity index (χ1v) is 18.1. The van der Waals surface area contributed by atoms with Crippen LogP contribution in [0.5, 0.6) is 0 Å². The summed E-state index contributed by atoms with van der Waals surface area (Å²) in [6.07, 6.45) is 0. The van der Waals surface area contributed by atoms with Crippen LogP contribution < -0.4 is 0 Å². The van der Waals surface area contributed by atoms with E-state index in [9.17, 15) is 0 Å². The number of aromatic nitrogens is 7. The van der Waals surface area contributed by atoms with Crippen molar-refractivity contribution in [2.24, 2.45) is 0 Å². The number of hydrogen-bond donors (Lipinski definition) is 0. The molecule has 0 radical (unpaired) electrons. The molecule has 0 N–H and O–H groups in total. The van der Waals surface area contributed by atoms with E-state index < -0.39 is 0 Å². The molecule has 0 aliphatic heterocycles. The Balaban J connectivity index is 1.22. The van der Waals surface area contributed by atoms with Gasteiger partial charge in [-0.3, -0.25) is 13.5 Å². The third-order valence-electron chi connectivity index (χ3n) is 10.8. The fourth-order valence-corrected chi connectivity index (χ4v) is 8.56. The Morgan fingerprint density at radius 2 is 0.833 bits per heavy atom. The predicted molar refractivity (Wildman–Crippen MR) is 219 cm³/mol. The highest BCUT2D eigenvalue weighted by molar-refractivity contribution is 6.10. The number of para-hydroxylation sites is 9. The van der Waals surface area contributed by atoms with E-state index >= 15 is 0 Å². The second-order valence-corrected chi connectivity index (χ2v) is 13.7. The Bertz CT molecular complexity index is 3360. The number of hydrogen-bond acceptors (Lipinski definition) is 3. The van der Waals surface area contributed by atoms with Crippen molar-refractivity contribution in [2.45, 2.75) is 0 Å². The van der Waals surface area contributed by atoms with Crippen LogP contribution in [0.1, 0.15) is 0 Å². The highest BCUT2D eigenvalue weighted by Crippen LogP contribution is 2.38. The Kier molecular flexibility index (Phi) is 5.93. The predicted octanol–water partition coefficient (Wildman–Crippen LogP) is 11.1. The highest BCUT2D eigenvalue weighted by atomic mass is 15.3. The zero-order chi connectivity index (χ0) is 35.3. The Labute approximate surface area is 308 Å². The van der Waals surface area contributed by atoms with E-state index in [1.165, 1.54) is 10.8 Å². The van der Waals surface area contributed by atoms with E-state index in [1.54, 1.807) is 0 Å².